The first-order chi connectivity index (χ1) is 9.99. The maximum absolute atomic E-state index is 11.7. The smallest absolute Gasteiger partial charge is 0.246 e. The second-order valence-electron chi connectivity index (χ2n) is 5.69. The number of benzene rings is 1. The highest BCUT2D eigenvalue weighted by Crippen LogP contribution is 2.28. The minimum absolute atomic E-state index is 0.0479. The Labute approximate surface area is 124 Å². The number of carbonyl (C=O) groups is 2. The molecular formula is C15H21N3O3. The molecule has 114 valence electrons. The van der Waals surface area contributed by atoms with E-state index < -0.39 is 0 Å². The van der Waals surface area contributed by atoms with Gasteiger partial charge in [0.25, 0.3) is 0 Å². The van der Waals surface area contributed by atoms with E-state index in [1.807, 2.05) is 37.2 Å². The third kappa shape index (κ3) is 4.03. The van der Waals surface area contributed by atoms with E-state index in [9.17, 15) is 9.59 Å². The van der Waals surface area contributed by atoms with Crippen molar-refractivity contribution >= 4 is 17.5 Å². The third-order valence-corrected chi connectivity index (χ3v) is 3.66. The van der Waals surface area contributed by atoms with Crippen molar-refractivity contribution < 1.29 is 14.8 Å². The lowest BCUT2D eigenvalue weighted by Gasteiger charge is -2.23. The van der Waals surface area contributed by atoms with Crippen molar-refractivity contribution in [3.8, 4) is 0 Å². The van der Waals surface area contributed by atoms with Crippen LogP contribution in [0.15, 0.2) is 18.2 Å². The second-order valence-corrected chi connectivity index (χ2v) is 5.69. The number of amides is 2. The van der Waals surface area contributed by atoms with Gasteiger partial charge in [-0.25, -0.2) is 5.48 Å². The minimum Gasteiger partial charge on any atom is -0.325 e. The molecule has 1 aliphatic carbocycles. The van der Waals surface area contributed by atoms with Crippen molar-refractivity contribution in [3.63, 3.8) is 0 Å². The average Bonchev–Trinajstić information content (AvgIpc) is 2.44. The second kappa shape index (κ2) is 6.69. The van der Waals surface area contributed by atoms with Gasteiger partial charge in [0.05, 0.1) is 6.54 Å². The Kier molecular flexibility index (Phi) is 4.93. The fourth-order valence-corrected chi connectivity index (χ4v) is 2.64. The monoisotopic (exact) mass is 291 g/mol. The molecule has 2 rings (SSSR count). The van der Waals surface area contributed by atoms with Gasteiger partial charge in [0.1, 0.15) is 0 Å². The number of hydrogen-bond donors (Lipinski definition) is 3. The van der Waals surface area contributed by atoms with Crippen LogP contribution < -0.4 is 10.8 Å². The molecular weight excluding hydrogens is 270 g/mol. The molecule has 1 aromatic rings. The minimum atomic E-state index is -0.330. The van der Waals surface area contributed by atoms with Gasteiger partial charge in [-0.15, -0.1) is 0 Å². The molecule has 0 aromatic heterocycles. The molecule has 6 nitrogen and oxygen atoms in total. The number of hydrogen-bond acceptors (Lipinski definition) is 4. The summed E-state index contributed by atoms with van der Waals surface area (Å²) in [4.78, 5) is 25.0. The number of fused-ring (bicyclic) bond motifs is 1. The van der Waals surface area contributed by atoms with E-state index in [-0.39, 0.29) is 17.7 Å². The van der Waals surface area contributed by atoms with Crippen LogP contribution in [0, 0.1) is 5.92 Å². The zero-order chi connectivity index (χ0) is 15.4. The lowest BCUT2D eigenvalue weighted by molar-refractivity contribution is -0.133. The van der Waals surface area contributed by atoms with Gasteiger partial charge in [-0.3, -0.25) is 14.8 Å². The molecule has 0 radical (unpaired) electrons. The fraction of sp³-hybridized carbons (Fsp3) is 0.467. The van der Waals surface area contributed by atoms with E-state index in [0.717, 1.165) is 23.2 Å². The van der Waals surface area contributed by atoms with Crippen molar-refractivity contribution in [3.05, 3.63) is 29.3 Å². The summed E-state index contributed by atoms with van der Waals surface area (Å²) in [7, 11) is 3.69. The van der Waals surface area contributed by atoms with Gasteiger partial charge in [-0.2, -0.15) is 0 Å². The predicted octanol–water partition coefficient (Wildman–Crippen LogP) is 0.797. The van der Waals surface area contributed by atoms with Gasteiger partial charge in [-0.1, -0.05) is 6.07 Å². The molecule has 0 fully saturated rings. The van der Waals surface area contributed by atoms with Crippen LogP contribution in [0.1, 0.15) is 17.5 Å². The van der Waals surface area contributed by atoms with Crippen molar-refractivity contribution in [2.75, 3.05) is 26.0 Å². The van der Waals surface area contributed by atoms with Crippen LogP contribution in [-0.2, 0) is 22.4 Å². The molecule has 0 heterocycles. The lowest BCUT2D eigenvalue weighted by atomic mass is 9.83. The first kappa shape index (κ1) is 15.5. The molecule has 1 aromatic carbocycles. The van der Waals surface area contributed by atoms with Crippen molar-refractivity contribution in [2.45, 2.75) is 19.3 Å². The molecule has 6 heteroatoms. The molecule has 0 saturated carbocycles. The summed E-state index contributed by atoms with van der Waals surface area (Å²) in [6.45, 7) is 0.343. The van der Waals surface area contributed by atoms with Gasteiger partial charge < -0.3 is 10.2 Å². The number of hydroxylamine groups is 1. The zero-order valence-electron chi connectivity index (χ0n) is 12.3. The van der Waals surface area contributed by atoms with E-state index in [1.165, 1.54) is 0 Å². The molecule has 0 saturated heterocycles. The molecule has 3 N–H and O–H groups in total. The van der Waals surface area contributed by atoms with E-state index in [2.05, 4.69) is 5.32 Å². The fourth-order valence-electron chi connectivity index (χ4n) is 2.64. The molecule has 0 bridgehead atoms. The van der Waals surface area contributed by atoms with Crippen LogP contribution in [0.4, 0.5) is 5.69 Å². The van der Waals surface area contributed by atoms with Gasteiger partial charge in [-0.05, 0) is 56.6 Å². The van der Waals surface area contributed by atoms with Crippen molar-refractivity contribution in [2.24, 2.45) is 5.92 Å². The van der Waals surface area contributed by atoms with Gasteiger partial charge in [0.15, 0.2) is 0 Å². The summed E-state index contributed by atoms with van der Waals surface area (Å²) in [5, 5.41) is 11.6. The van der Waals surface area contributed by atoms with Gasteiger partial charge in [0.2, 0.25) is 11.8 Å². The van der Waals surface area contributed by atoms with E-state index >= 15 is 0 Å². The maximum Gasteiger partial charge on any atom is 0.246 e. The van der Waals surface area contributed by atoms with E-state index in [1.54, 1.807) is 5.48 Å². The molecule has 0 aliphatic heterocycles. The zero-order valence-corrected chi connectivity index (χ0v) is 12.3. The Bertz CT molecular complexity index is 543. The highest BCUT2D eigenvalue weighted by molar-refractivity contribution is 5.92. The Morgan fingerprint density at radius 2 is 2.10 bits per heavy atom. The van der Waals surface area contributed by atoms with Gasteiger partial charge in [0, 0.05) is 11.6 Å². The quantitative estimate of drug-likeness (QED) is 0.566. The number of nitrogens with zero attached hydrogens (tertiary/aromatic N) is 1. The number of likely N-dealkylation sites (N-methyl/N-ethyl adjacent to an activating group) is 1. The number of aryl methyl sites for hydroxylation is 1. The van der Waals surface area contributed by atoms with Crippen LogP contribution >= 0.6 is 0 Å². The first-order valence-corrected chi connectivity index (χ1v) is 7.00. The summed E-state index contributed by atoms with van der Waals surface area (Å²) >= 11 is 0. The Hall–Kier alpha value is -1.92. The Balaban J connectivity index is 2.04. The molecule has 1 atom stereocenters. The summed E-state index contributed by atoms with van der Waals surface area (Å²) < 4.78 is 0. The summed E-state index contributed by atoms with van der Waals surface area (Å²) in [6, 6.07) is 5.76. The Morgan fingerprint density at radius 3 is 2.76 bits per heavy atom. The summed E-state index contributed by atoms with van der Waals surface area (Å²) in [5.74, 6) is -0.561. The van der Waals surface area contributed by atoms with Crippen LogP contribution in [0.25, 0.3) is 0 Å². The van der Waals surface area contributed by atoms with E-state index in [0.29, 0.717) is 19.4 Å². The average molecular weight is 291 g/mol. The number of carbonyl (C=O) groups excluding carboxylic acids is 2. The molecule has 21 heavy (non-hydrogen) atoms. The van der Waals surface area contributed by atoms with Crippen LogP contribution in [0.5, 0.6) is 0 Å². The van der Waals surface area contributed by atoms with Crippen LogP contribution in [0.3, 0.4) is 0 Å². The van der Waals surface area contributed by atoms with Gasteiger partial charge >= 0.3 is 0 Å². The highest BCUT2D eigenvalue weighted by Gasteiger charge is 2.24. The van der Waals surface area contributed by atoms with Crippen molar-refractivity contribution in [1.82, 2.24) is 10.4 Å². The molecule has 1 unspecified atom stereocenters. The predicted molar refractivity (Wildman–Crippen MR) is 79.1 cm³/mol. The van der Waals surface area contributed by atoms with E-state index in [4.69, 9.17) is 5.21 Å². The maximum atomic E-state index is 11.7. The molecule has 2 amide bonds. The topological polar surface area (TPSA) is 81.7 Å². The SMILES string of the molecule is CN(C)CC(=O)Nc1ccc2c(c1)CCC(C(=O)NO)C2. The van der Waals surface area contributed by atoms with Crippen molar-refractivity contribution in [1.29, 1.82) is 0 Å². The Morgan fingerprint density at radius 1 is 1.33 bits per heavy atom. The summed E-state index contributed by atoms with van der Waals surface area (Å²) in [5.41, 5.74) is 4.75. The highest BCUT2D eigenvalue weighted by atomic mass is 16.5. The largest absolute Gasteiger partial charge is 0.325 e. The molecule has 1 aliphatic rings. The van der Waals surface area contributed by atoms with Crippen LogP contribution in [0.2, 0.25) is 0 Å². The summed E-state index contributed by atoms with van der Waals surface area (Å²) in [6.07, 6.45) is 2.09. The normalized spacial score (nSPS) is 17.2. The van der Waals surface area contributed by atoms with Crippen LogP contribution in [-0.4, -0.2) is 42.6 Å². The first-order valence-electron chi connectivity index (χ1n) is 7.00. The molecule has 0 spiro atoms. The third-order valence-electron chi connectivity index (χ3n) is 3.66. The number of rotatable bonds is 4. The lowest BCUT2D eigenvalue weighted by Crippen LogP contribution is -2.32. The number of nitrogens with one attached hydrogen (secondary N) is 2. The standard InChI is InChI=1S/C15H21N3O3/c1-18(2)9-14(19)16-13-6-5-10-7-12(15(20)17-21)4-3-11(10)8-13/h5-6,8,12,21H,3-4,7,9H2,1-2H3,(H,16,19)(H,17,20). The number of anilines is 1.